The van der Waals surface area contributed by atoms with Gasteiger partial charge in [0.05, 0.1) is 10.9 Å². The van der Waals surface area contributed by atoms with E-state index in [-0.39, 0.29) is 5.92 Å². The second-order valence-corrected chi connectivity index (χ2v) is 5.32. The lowest BCUT2D eigenvalue weighted by atomic mass is 9.87. The zero-order valence-electron chi connectivity index (χ0n) is 11.6. The number of hydrogen-bond donors (Lipinski definition) is 2. The topological polar surface area (TPSA) is 74.9 Å². The Balaban J connectivity index is 3.00. The van der Waals surface area contributed by atoms with E-state index < -0.39 is 5.54 Å². The highest BCUT2D eigenvalue weighted by Crippen LogP contribution is 2.35. The number of nitrogens with one attached hydrogen (secondary N) is 2. The van der Waals surface area contributed by atoms with Gasteiger partial charge in [-0.05, 0) is 18.6 Å². The van der Waals surface area contributed by atoms with Crippen LogP contribution in [0.2, 0.25) is 0 Å². The lowest BCUT2D eigenvalue weighted by Crippen LogP contribution is -2.54. The maximum absolute atomic E-state index is 9.58. The average molecular weight is 319 g/mol. The van der Waals surface area contributed by atoms with Gasteiger partial charge in [0.25, 0.3) is 0 Å². The number of likely N-dealkylation sites (tertiary alicyclic amines) is 1. The number of nitriles is 2. The summed E-state index contributed by atoms with van der Waals surface area (Å²) in [6.45, 7) is 8.70. The van der Waals surface area contributed by atoms with E-state index in [1.165, 1.54) is 0 Å². The van der Waals surface area contributed by atoms with Gasteiger partial charge in [-0.1, -0.05) is 24.4 Å². The largest absolute Gasteiger partial charge is 0.376 e. The van der Waals surface area contributed by atoms with Crippen molar-refractivity contribution < 1.29 is 0 Å². The van der Waals surface area contributed by atoms with Crippen LogP contribution in [0, 0.1) is 28.6 Å². The molecule has 0 aromatic heterocycles. The van der Waals surface area contributed by atoms with Crippen LogP contribution in [0.5, 0.6) is 0 Å². The van der Waals surface area contributed by atoms with Crippen LogP contribution < -0.4 is 10.6 Å². The van der Waals surface area contributed by atoms with Crippen molar-refractivity contribution in [1.82, 2.24) is 15.5 Å². The molecule has 110 valence electrons. The summed E-state index contributed by atoms with van der Waals surface area (Å²) in [7, 11) is 0. The second-order valence-electron chi connectivity index (χ2n) is 4.49. The highest BCUT2D eigenvalue weighted by molar-refractivity contribution is 7.80. The molecule has 5 nitrogen and oxygen atoms in total. The van der Waals surface area contributed by atoms with Crippen LogP contribution in [-0.2, 0) is 0 Å². The maximum Gasteiger partial charge on any atom is 0.226 e. The third kappa shape index (κ3) is 3.38. The molecule has 1 atom stereocenters. The highest BCUT2D eigenvalue weighted by atomic mass is 32.1. The molecule has 0 aromatic carbocycles. The van der Waals surface area contributed by atoms with Crippen molar-refractivity contribution in [2.75, 3.05) is 19.6 Å². The third-order valence-corrected chi connectivity index (χ3v) is 4.09. The van der Waals surface area contributed by atoms with Gasteiger partial charge in [0.15, 0.2) is 5.11 Å². The molecule has 1 unspecified atom stereocenters. The molecular weight excluding hydrogens is 302 g/mol. The third-order valence-electron chi connectivity index (χ3n) is 3.29. The molecule has 1 heterocycles. The van der Waals surface area contributed by atoms with Crippen molar-refractivity contribution in [3.63, 3.8) is 0 Å². The Morgan fingerprint density at radius 2 is 1.81 bits per heavy atom. The van der Waals surface area contributed by atoms with Gasteiger partial charge in [-0.3, -0.25) is 0 Å². The van der Waals surface area contributed by atoms with E-state index in [0.29, 0.717) is 36.2 Å². The Morgan fingerprint density at radius 1 is 1.24 bits per heavy atom. The molecule has 0 bridgehead atoms. The van der Waals surface area contributed by atoms with Crippen LogP contribution in [0.1, 0.15) is 6.42 Å². The van der Waals surface area contributed by atoms with Crippen LogP contribution >= 0.6 is 24.4 Å². The number of hydrogen-bond acceptors (Lipinski definition) is 4. The number of rotatable bonds is 5. The fraction of sp³-hybridized carbons (Fsp3) is 0.429. The molecule has 2 N–H and O–H groups in total. The van der Waals surface area contributed by atoms with E-state index in [2.05, 4.69) is 35.9 Å². The van der Waals surface area contributed by atoms with E-state index in [9.17, 15) is 10.5 Å². The fourth-order valence-corrected chi connectivity index (χ4v) is 2.96. The van der Waals surface area contributed by atoms with Crippen molar-refractivity contribution in [3.8, 4) is 12.1 Å². The minimum atomic E-state index is -1.38. The van der Waals surface area contributed by atoms with Gasteiger partial charge in [-0.15, -0.1) is 13.2 Å². The predicted molar refractivity (Wildman–Crippen MR) is 90.4 cm³/mol. The van der Waals surface area contributed by atoms with E-state index in [1.54, 1.807) is 17.1 Å². The molecule has 0 aromatic rings. The van der Waals surface area contributed by atoms with Gasteiger partial charge in [0.1, 0.15) is 12.1 Å². The monoisotopic (exact) mass is 319 g/mol. The molecule has 0 aliphatic carbocycles. The van der Waals surface area contributed by atoms with Gasteiger partial charge >= 0.3 is 0 Å². The average Bonchev–Trinajstić information content (AvgIpc) is 2.89. The van der Waals surface area contributed by atoms with E-state index in [1.807, 2.05) is 0 Å². The number of thiocarbonyl (C=S) groups is 2. The van der Waals surface area contributed by atoms with Gasteiger partial charge in [0.2, 0.25) is 5.54 Å². The first kappa shape index (κ1) is 17.1. The molecule has 1 fully saturated rings. The summed E-state index contributed by atoms with van der Waals surface area (Å²) in [6, 6.07) is 4.20. The molecule has 1 aliphatic rings. The minimum absolute atomic E-state index is 0.368. The quantitative estimate of drug-likeness (QED) is 0.583. The SMILES string of the molecule is C=CCNC(=S)C1CCN(C(=S)NCC=C)C1(C#N)C#N. The van der Waals surface area contributed by atoms with E-state index in [0.717, 1.165) is 0 Å². The molecule has 0 amide bonds. The summed E-state index contributed by atoms with van der Waals surface area (Å²) in [5.41, 5.74) is -1.38. The summed E-state index contributed by atoms with van der Waals surface area (Å²) in [4.78, 5) is 2.10. The lowest BCUT2D eigenvalue weighted by molar-refractivity contribution is 0.349. The Labute approximate surface area is 135 Å². The molecule has 1 rings (SSSR count). The summed E-state index contributed by atoms with van der Waals surface area (Å²) in [6.07, 6.45) is 3.94. The zero-order chi connectivity index (χ0) is 15.9. The van der Waals surface area contributed by atoms with Crippen LogP contribution in [0.3, 0.4) is 0 Å². The van der Waals surface area contributed by atoms with Crippen LogP contribution in [0.15, 0.2) is 25.3 Å². The molecule has 0 saturated carbocycles. The Kier molecular flexibility index (Phi) is 6.29. The van der Waals surface area contributed by atoms with Gasteiger partial charge < -0.3 is 15.5 Å². The standard InChI is InChI=1S/C14H17N5S2/c1-3-6-17-12(20)11-5-8-19(13(21)18-7-4-2)14(11,9-15)10-16/h3-4,11H,1-2,5-8H2,(H,17,20)(H,18,21). The first-order valence-electron chi connectivity index (χ1n) is 6.44. The Morgan fingerprint density at radius 3 is 2.33 bits per heavy atom. The van der Waals surface area contributed by atoms with Crippen molar-refractivity contribution in [2.45, 2.75) is 12.0 Å². The summed E-state index contributed by atoms with van der Waals surface area (Å²) in [5, 5.41) is 25.5. The van der Waals surface area contributed by atoms with Crippen LogP contribution in [-0.4, -0.2) is 40.2 Å². The van der Waals surface area contributed by atoms with Gasteiger partial charge in [0, 0.05) is 19.6 Å². The molecule has 21 heavy (non-hydrogen) atoms. The smallest absolute Gasteiger partial charge is 0.226 e. The first-order chi connectivity index (χ1) is 10.1. The van der Waals surface area contributed by atoms with Gasteiger partial charge in [-0.2, -0.15) is 10.5 Å². The molecule has 1 saturated heterocycles. The fourth-order valence-electron chi connectivity index (χ4n) is 2.27. The van der Waals surface area contributed by atoms with Crippen molar-refractivity contribution >= 4 is 34.5 Å². The molecular formula is C14H17N5S2. The van der Waals surface area contributed by atoms with E-state index in [4.69, 9.17) is 24.4 Å². The van der Waals surface area contributed by atoms with E-state index >= 15 is 0 Å². The van der Waals surface area contributed by atoms with Crippen LogP contribution in [0.25, 0.3) is 0 Å². The molecule has 7 heteroatoms. The lowest BCUT2D eigenvalue weighted by Gasteiger charge is -2.32. The molecule has 0 spiro atoms. The Hall–Kier alpha value is -1.96. The first-order valence-corrected chi connectivity index (χ1v) is 7.26. The molecule has 1 aliphatic heterocycles. The minimum Gasteiger partial charge on any atom is -0.376 e. The van der Waals surface area contributed by atoms with Crippen molar-refractivity contribution in [2.24, 2.45) is 5.92 Å². The number of nitrogens with zero attached hydrogens (tertiary/aromatic N) is 3. The van der Waals surface area contributed by atoms with Gasteiger partial charge in [-0.25, -0.2) is 0 Å². The van der Waals surface area contributed by atoms with Crippen molar-refractivity contribution in [3.05, 3.63) is 25.3 Å². The highest BCUT2D eigenvalue weighted by Gasteiger charge is 2.53. The van der Waals surface area contributed by atoms with Crippen LogP contribution in [0.4, 0.5) is 0 Å². The summed E-state index contributed by atoms with van der Waals surface area (Å²) < 4.78 is 0. The summed E-state index contributed by atoms with van der Waals surface area (Å²) >= 11 is 10.6. The maximum atomic E-state index is 9.58. The van der Waals surface area contributed by atoms with Crippen molar-refractivity contribution in [1.29, 1.82) is 10.5 Å². The Bertz CT molecular complexity index is 480. The zero-order valence-corrected chi connectivity index (χ0v) is 13.3. The predicted octanol–water partition coefficient (Wildman–Crippen LogP) is 1.26. The normalized spacial score (nSPS) is 19.0. The second kappa shape index (κ2) is 7.72. The molecule has 0 radical (unpaired) electrons. The summed E-state index contributed by atoms with van der Waals surface area (Å²) in [5.74, 6) is -0.383.